The Labute approximate surface area is 112 Å². The van der Waals surface area contributed by atoms with Gasteiger partial charge in [-0.3, -0.25) is 0 Å². The molecule has 1 atom stereocenters. The Morgan fingerprint density at radius 1 is 1.47 bits per heavy atom. The number of hydrogen-bond acceptors (Lipinski definition) is 5. The lowest BCUT2D eigenvalue weighted by Crippen LogP contribution is -2.12. The van der Waals surface area contributed by atoms with Crippen LogP contribution in [0.3, 0.4) is 0 Å². The number of hydrogen-bond donors (Lipinski definition) is 0. The van der Waals surface area contributed by atoms with Gasteiger partial charge in [-0.15, -0.1) is 11.3 Å². The lowest BCUT2D eigenvalue weighted by molar-refractivity contribution is 0.163. The molecule has 0 amide bonds. The molecule has 0 spiro atoms. The van der Waals surface area contributed by atoms with Gasteiger partial charge < -0.3 is 9.29 Å². The molecule has 0 N–H and O–H groups in total. The topological polar surface area (TPSA) is 45.2 Å². The summed E-state index contributed by atoms with van der Waals surface area (Å²) in [5, 5.41) is 3.97. The third-order valence-electron chi connectivity index (χ3n) is 2.07. The van der Waals surface area contributed by atoms with Gasteiger partial charge >= 0.3 is 4.34 Å². The van der Waals surface area contributed by atoms with E-state index in [0.29, 0.717) is 23.3 Å². The molecule has 3 nitrogen and oxygen atoms in total. The molecule has 0 aliphatic heterocycles. The Kier molecular flexibility index (Phi) is 4.99. The quantitative estimate of drug-likeness (QED) is 0.606. The smallest absolute Gasteiger partial charge is 0.302 e. The van der Waals surface area contributed by atoms with Gasteiger partial charge in [0, 0.05) is 23.2 Å². The summed E-state index contributed by atoms with van der Waals surface area (Å²) >= 11 is 2.06. The molecular weight excluding hydrogens is 274 g/mol. The van der Waals surface area contributed by atoms with Crippen LogP contribution in [0.2, 0.25) is 0 Å². The molecule has 17 heavy (non-hydrogen) atoms. The van der Waals surface area contributed by atoms with Crippen molar-refractivity contribution in [2.45, 2.75) is 11.3 Å². The first-order valence-electron chi connectivity index (χ1n) is 5.26. The highest BCUT2D eigenvalue weighted by molar-refractivity contribution is 7.93. The largest absolute Gasteiger partial charge is 0.609 e. The van der Waals surface area contributed by atoms with Crippen molar-refractivity contribution in [1.82, 2.24) is 4.98 Å². The number of aromatic nitrogens is 1. The van der Waals surface area contributed by atoms with Crippen LogP contribution in [0.1, 0.15) is 6.92 Å². The minimum absolute atomic E-state index is 0.519. The molecule has 6 heteroatoms. The predicted octanol–water partition coefficient (Wildman–Crippen LogP) is 3.02. The first-order chi connectivity index (χ1) is 8.31. The maximum atomic E-state index is 11.9. The van der Waals surface area contributed by atoms with Crippen LogP contribution in [0.25, 0.3) is 10.6 Å². The Hall–Kier alpha value is -0.400. The van der Waals surface area contributed by atoms with E-state index in [0.717, 1.165) is 10.6 Å². The highest BCUT2D eigenvalue weighted by Crippen LogP contribution is 2.28. The normalized spacial score (nSPS) is 12.8. The fourth-order valence-corrected chi connectivity index (χ4v) is 4.04. The van der Waals surface area contributed by atoms with E-state index in [2.05, 4.69) is 4.98 Å². The molecule has 0 saturated carbocycles. The van der Waals surface area contributed by atoms with Crippen LogP contribution in [0.5, 0.6) is 0 Å². The molecule has 0 saturated heterocycles. The summed E-state index contributed by atoms with van der Waals surface area (Å²) in [6.45, 7) is 3.12. The molecule has 0 aliphatic rings. The summed E-state index contributed by atoms with van der Waals surface area (Å²) in [6.07, 6.45) is 0. The molecule has 0 fully saturated rings. The van der Waals surface area contributed by atoms with Gasteiger partial charge in [0.15, 0.2) is 0 Å². The number of nitrogens with zero attached hydrogens (tertiary/aromatic N) is 1. The lowest BCUT2D eigenvalue weighted by atomic mass is 10.4. The zero-order valence-corrected chi connectivity index (χ0v) is 11.9. The van der Waals surface area contributed by atoms with Crippen molar-refractivity contribution in [3.8, 4) is 10.6 Å². The highest BCUT2D eigenvalue weighted by atomic mass is 32.2. The van der Waals surface area contributed by atoms with E-state index in [1.807, 2.05) is 29.8 Å². The Bertz CT molecular complexity index is 441. The van der Waals surface area contributed by atoms with E-state index in [1.54, 1.807) is 11.3 Å². The first-order valence-corrected chi connectivity index (χ1v) is 8.34. The van der Waals surface area contributed by atoms with Crippen molar-refractivity contribution in [2.24, 2.45) is 0 Å². The molecule has 0 bridgehead atoms. The summed E-state index contributed by atoms with van der Waals surface area (Å²) in [4.78, 5) is 5.52. The SMILES string of the molecule is CCOCC[S+]([O-])c1nc(-c2cccs2)cs1. The van der Waals surface area contributed by atoms with Gasteiger partial charge in [-0.2, -0.15) is 4.98 Å². The van der Waals surface area contributed by atoms with Crippen LogP contribution < -0.4 is 0 Å². The van der Waals surface area contributed by atoms with Crippen LogP contribution in [0.15, 0.2) is 27.2 Å². The molecule has 0 aliphatic carbocycles. The van der Waals surface area contributed by atoms with Crippen LogP contribution >= 0.6 is 22.7 Å². The molecule has 2 aromatic rings. The van der Waals surface area contributed by atoms with Crippen molar-refractivity contribution in [1.29, 1.82) is 0 Å². The van der Waals surface area contributed by atoms with Gasteiger partial charge in [-0.25, -0.2) is 0 Å². The van der Waals surface area contributed by atoms with E-state index in [-0.39, 0.29) is 0 Å². The van der Waals surface area contributed by atoms with Crippen molar-refractivity contribution < 1.29 is 9.29 Å². The molecule has 1 unspecified atom stereocenters. The van der Waals surface area contributed by atoms with Crippen molar-refractivity contribution in [2.75, 3.05) is 19.0 Å². The maximum Gasteiger partial charge on any atom is 0.302 e. The molecule has 0 aromatic carbocycles. The molecule has 2 rings (SSSR count). The average Bonchev–Trinajstić information content (AvgIpc) is 3.00. The minimum atomic E-state index is -1.04. The number of rotatable bonds is 6. The second-order valence-corrected chi connectivity index (χ2v) is 6.77. The van der Waals surface area contributed by atoms with Crippen molar-refractivity contribution in [3.05, 3.63) is 22.9 Å². The first kappa shape index (κ1) is 13.0. The second kappa shape index (κ2) is 6.51. The van der Waals surface area contributed by atoms with Crippen LogP contribution in [0, 0.1) is 0 Å². The van der Waals surface area contributed by atoms with Crippen molar-refractivity contribution in [3.63, 3.8) is 0 Å². The number of thiazole rings is 1. The summed E-state index contributed by atoms with van der Waals surface area (Å²) in [6, 6.07) is 4.01. The van der Waals surface area contributed by atoms with Crippen LogP contribution in [0.4, 0.5) is 0 Å². The Morgan fingerprint density at radius 3 is 3.06 bits per heavy atom. The van der Waals surface area contributed by atoms with Crippen LogP contribution in [-0.2, 0) is 15.9 Å². The predicted molar refractivity (Wildman–Crippen MR) is 73.2 cm³/mol. The standard InChI is InChI=1S/C11H13NO2S3/c1-2-14-5-7-17(13)11-12-9(8-16-11)10-4-3-6-15-10/h3-4,6,8H,2,5,7H2,1H3. The van der Waals surface area contributed by atoms with E-state index < -0.39 is 11.2 Å². The van der Waals surface area contributed by atoms with Gasteiger partial charge in [0.05, 0.1) is 17.2 Å². The van der Waals surface area contributed by atoms with Gasteiger partial charge in [0.2, 0.25) is 0 Å². The molecule has 92 valence electrons. The van der Waals surface area contributed by atoms with Gasteiger partial charge in [-0.05, 0) is 18.4 Å². The van der Waals surface area contributed by atoms with E-state index in [1.165, 1.54) is 11.3 Å². The lowest BCUT2D eigenvalue weighted by Gasteiger charge is -2.06. The van der Waals surface area contributed by atoms with Crippen LogP contribution in [-0.4, -0.2) is 28.5 Å². The zero-order valence-electron chi connectivity index (χ0n) is 9.42. The number of thiophene rings is 1. The highest BCUT2D eigenvalue weighted by Gasteiger charge is 2.16. The van der Waals surface area contributed by atoms with Gasteiger partial charge in [0.1, 0.15) is 5.75 Å². The third-order valence-corrected chi connectivity index (χ3v) is 5.46. The summed E-state index contributed by atoms with van der Waals surface area (Å²) in [5.74, 6) is 0.519. The van der Waals surface area contributed by atoms with Gasteiger partial charge in [0.25, 0.3) is 0 Å². The second-order valence-electron chi connectivity index (χ2n) is 3.22. The molecule has 2 aromatic heterocycles. The number of ether oxygens (including phenoxy) is 1. The van der Waals surface area contributed by atoms with E-state index >= 15 is 0 Å². The monoisotopic (exact) mass is 287 g/mol. The van der Waals surface area contributed by atoms with E-state index in [9.17, 15) is 4.55 Å². The fourth-order valence-electron chi connectivity index (χ4n) is 1.27. The third kappa shape index (κ3) is 3.53. The fraction of sp³-hybridized carbons (Fsp3) is 0.364. The average molecular weight is 287 g/mol. The van der Waals surface area contributed by atoms with Crippen molar-refractivity contribution >= 4 is 33.8 Å². The molecular formula is C11H13NO2S3. The summed E-state index contributed by atoms with van der Waals surface area (Å²) in [7, 11) is 0. The Morgan fingerprint density at radius 2 is 2.35 bits per heavy atom. The minimum Gasteiger partial charge on any atom is -0.609 e. The Balaban J connectivity index is 1.98. The van der Waals surface area contributed by atoms with E-state index in [4.69, 9.17) is 4.74 Å². The maximum absolute atomic E-state index is 11.9. The van der Waals surface area contributed by atoms with Gasteiger partial charge in [-0.1, -0.05) is 17.4 Å². The summed E-state index contributed by atoms with van der Waals surface area (Å²) < 4.78 is 17.8. The molecule has 2 heterocycles. The molecule has 0 radical (unpaired) electrons. The zero-order chi connectivity index (χ0) is 12.1. The summed E-state index contributed by atoms with van der Waals surface area (Å²) in [5.41, 5.74) is 0.921.